The van der Waals surface area contributed by atoms with E-state index < -0.39 is 23.3 Å². The summed E-state index contributed by atoms with van der Waals surface area (Å²) in [4.78, 5) is 17.2. The van der Waals surface area contributed by atoms with E-state index in [1.165, 1.54) is 0 Å². The second kappa shape index (κ2) is 9.61. The number of halogens is 3. The van der Waals surface area contributed by atoms with Crippen LogP contribution in [0.1, 0.15) is 35.0 Å². The van der Waals surface area contributed by atoms with Gasteiger partial charge in [0.05, 0.1) is 17.4 Å². The second-order valence-electron chi connectivity index (χ2n) is 7.49. The van der Waals surface area contributed by atoms with Crippen LogP contribution in [0, 0.1) is 6.92 Å². The second-order valence-corrected chi connectivity index (χ2v) is 7.49. The van der Waals surface area contributed by atoms with Crippen molar-refractivity contribution in [3.05, 3.63) is 47.3 Å². The minimum Gasteiger partial charge on any atom is -0.352 e. The van der Waals surface area contributed by atoms with Gasteiger partial charge in [-0.1, -0.05) is 25.1 Å². The van der Waals surface area contributed by atoms with Gasteiger partial charge >= 0.3 is 6.18 Å². The number of carbonyl (C=O) groups is 1. The van der Waals surface area contributed by atoms with Gasteiger partial charge in [-0.25, -0.2) is 4.68 Å². The molecule has 0 bridgehead atoms. The highest BCUT2D eigenvalue weighted by molar-refractivity contribution is 5.95. The molecule has 1 N–H and O–H groups in total. The molecule has 1 aliphatic heterocycles. The van der Waals surface area contributed by atoms with E-state index in [0.717, 1.165) is 50.1 Å². The maximum Gasteiger partial charge on any atom is 0.434 e. The number of rotatable bonds is 7. The first-order valence-corrected chi connectivity index (χ1v) is 10.3. The number of benzene rings is 1. The summed E-state index contributed by atoms with van der Waals surface area (Å²) in [7, 11) is 0. The molecular weight excluding hydrogens is 395 g/mol. The molecule has 1 aliphatic rings. The van der Waals surface area contributed by atoms with Crippen LogP contribution in [0.4, 0.5) is 13.2 Å². The minimum absolute atomic E-state index is 0.301. The number of amides is 1. The normalized spacial score (nSPS) is 16.0. The van der Waals surface area contributed by atoms with Crippen LogP contribution in [0.3, 0.4) is 0 Å². The number of likely N-dealkylation sites (N-methyl/N-ethyl adjacent to an activating group) is 1. The van der Waals surface area contributed by atoms with Crippen molar-refractivity contribution >= 4 is 5.91 Å². The lowest BCUT2D eigenvalue weighted by molar-refractivity contribution is -0.143. The number of nitrogens with zero attached hydrogens (tertiary/aromatic N) is 4. The molecule has 0 atom stereocenters. The lowest BCUT2D eigenvalue weighted by Crippen LogP contribution is -2.46. The fourth-order valence-corrected chi connectivity index (χ4v) is 3.70. The summed E-state index contributed by atoms with van der Waals surface area (Å²) < 4.78 is 42.1. The Morgan fingerprint density at radius 2 is 1.80 bits per heavy atom. The molecule has 1 fully saturated rings. The molecule has 2 aromatic rings. The van der Waals surface area contributed by atoms with Crippen LogP contribution in [-0.4, -0.2) is 71.3 Å². The van der Waals surface area contributed by atoms with Gasteiger partial charge in [0.15, 0.2) is 5.69 Å². The van der Waals surface area contributed by atoms with Gasteiger partial charge in [0, 0.05) is 32.7 Å². The van der Waals surface area contributed by atoms with Gasteiger partial charge in [0.1, 0.15) is 0 Å². The van der Waals surface area contributed by atoms with Crippen LogP contribution in [0.5, 0.6) is 0 Å². The molecule has 0 spiro atoms. The Morgan fingerprint density at radius 3 is 2.43 bits per heavy atom. The van der Waals surface area contributed by atoms with Gasteiger partial charge < -0.3 is 15.1 Å². The van der Waals surface area contributed by atoms with E-state index in [9.17, 15) is 18.0 Å². The summed E-state index contributed by atoms with van der Waals surface area (Å²) in [6.45, 7) is 10.0. The zero-order chi connectivity index (χ0) is 21.7. The molecule has 2 heterocycles. The molecule has 1 saturated heterocycles. The highest BCUT2D eigenvalue weighted by atomic mass is 19.4. The molecule has 0 aliphatic carbocycles. The number of aryl methyl sites for hydroxylation is 1. The highest BCUT2D eigenvalue weighted by Gasteiger charge is 2.40. The Bertz CT molecular complexity index is 857. The molecule has 1 aromatic carbocycles. The zero-order valence-electron chi connectivity index (χ0n) is 17.4. The van der Waals surface area contributed by atoms with Crippen molar-refractivity contribution in [1.82, 2.24) is 24.9 Å². The maximum absolute atomic E-state index is 13.8. The monoisotopic (exact) mass is 423 g/mol. The third-order valence-electron chi connectivity index (χ3n) is 5.47. The Labute approximate surface area is 174 Å². The Hall–Kier alpha value is -2.39. The van der Waals surface area contributed by atoms with Gasteiger partial charge in [-0.2, -0.15) is 18.3 Å². The third-order valence-corrected chi connectivity index (χ3v) is 5.47. The van der Waals surface area contributed by atoms with E-state index in [-0.39, 0.29) is 0 Å². The number of carbonyl (C=O) groups excluding carboxylic acids is 1. The lowest BCUT2D eigenvalue weighted by atomic mass is 10.1. The lowest BCUT2D eigenvalue weighted by Gasteiger charge is -2.33. The van der Waals surface area contributed by atoms with E-state index in [2.05, 4.69) is 27.1 Å². The summed E-state index contributed by atoms with van der Waals surface area (Å²) in [5, 5.41) is 6.50. The number of hydrogen-bond donors (Lipinski definition) is 1. The topological polar surface area (TPSA) is 53.4 Å². The first kappa shape index (κ1) is 22.3. The molecular formula is C21H28F3N5O. The van der Waals surface area contributed by atoms with Gasteiger partial charge in [-0.15, -0.1) is 0 Å². The zero-order valence-corrected chi connectivity index (χ0v) is 17.4. The predicted octanol–water partition coefficient (Wildman–Crippen LogP) is 2.96. The maximum atomic E-state index is 13.8. The summed E-state index contributed by atoms with van der Waals surface area (Å²) in [5.41, 5.74) is -0.566. The van der Waals surface area contributed by atoms with Crippen molar-refractivity contribution in [1.29, 1.82) is 0 Å². The molecule has 1 aromatic heterocycles. The SMILES string of the molecule is CCN1CCN(CCCNC(=O)c2cnn(-c3ccccc3C)c2C(F)(F)F)CC1. The van der Waals surface area contributed by atoms with E-state index in [4.69, 9.17) is 0 Å². The molecule has 0 saturated carbocycles. The standard InChI is InChI=1S/C21H28F3N5O/c1-3-27-11-13-28(14-12-27)10-6-9-25-20(30)17-15-26-29(19(17)21(22,23)24)18-8-5-4-7-16(18)2/h4-5,7-8,15H,3,6,9-14H2,1-2H3,(H,25,30). The fraction of sp³-hybridized carbons (Fsp3) is 0.524. The number of aromatic nitrogens is 2. The van der Waals surface area contributed by atoms with Crippen molar-refractivity contribution < 1.29 is 18.0 Å². The molecule has 6 nitrogen and oxygen atoms in total. The van der Waals surface area contributed by atoms with Crippen LogP contribution in [0.15, 0.2) is 30.5 Å². The van der Waals surface area contributed by atoms with E-state index in [1.807, 2.05) is 0 Å². The fourth-order valence-electron chi connectivity index (χ4n) is 3.70. The first-order valence-electron chi connectivity index (χ1n) is 10.3. The largest absolute Gasteiger partial charge is 0.434 e. The summed E-state index contributed by atoms with van der Waals surface area (Å²) >= 11 is 0. The van der Waals surface area contributed by atoms with Crippen molar-refractivity contribution in [2.24, 2.45) is 0 Å². The first-order chi connectivity index (χ1) is 14.3. The van der Waals surface area contributed by atoms with Crippen molar-refractivity contribution in [2.45, 2.75) is 26.4 Å². The summed E-state index contributed by atoms with van der Waals surface area (Å²) in [6.07, 6.45) is -3.02. The molecule has 9 heteroatoms. The Balaban J connectivity index is 1.63. The number of alkyl halides is 3. The van der Waals surface area contributed by atoms with Crippen LogP contribution >= 0.6 is 0 Å². The third kappa shape index (κ3) is 5.20. The van der Waals surface area contributed by atoms with E-state index >= 15 is 0 Å². The summed E-state index contributed by atoms with van der Waals surface area (Å²) in [5.74, 6) is -0.752. The Morgan fingerprint density at radius 1 is 1.13 bits per heavy atom. The Kier molecular flexibility index (Phi) is 7.14. The number of piperazine rings is 1. The molecule has 3 rings (SSSR count). The van der Waals surface area contributed by atoms with Crippen LogP contribution in [0.2, 0.25) is 0 Å². The quantitative estimate of drug-likeness (QED) is 0.696. The van der Waals surface area contributed by atoms with Crippen LogP contribution < -0.4 is 5.32 Å². The van der Waals surface area contributed by atoms with E-state index in [1.54, 1.807) is 31.2 Å². The number of hydrogen-bond acceptors (Lipinski definition) is 4. The van der Waals surface area contributed by atoms with Gasteiger partial charge in [-0.3, -0.25) is 4.79 Å². The highest BCUT2D eigenvalue weighted by Crippen LogP contribution is 2.34. The number of nitrogens with one attached hydrogen (secondary N) is 1. The van der Waals surface area contributed by atoms with Crippen molar-refractivity contribution in [3.8, 4) is 5.69 Å². The molecule has 164 valence electrons. The minimum atomic E-state index is -4.70. The average Bonchev–Trinajstić information content (AvgIpc) is 3.17. The van der Waals surface area contributed by atoms with Gasteiger partial charge in [0.2, 0.25) is 0 Å². The van der Waals surface area contributed by atoms with Crippen molar-refractivity contribution in [2.75, 3.05) is 45.8 Å². The molecule has 0 unspecified atom stereocenters. The molecule has 30 heavy (non-hydrogen) atoms. The molecule has 1 amide bonds. The molecule has 0 radical (unpaired) electrons. The average molecular weight is 423 g/mol. The van der Waals surface area contributed by atoms with Crippen LogP contribution in [0.25, 0.3) is 5.69 Å². The van der Waals surface area contributed by atoms with E-state index in [0.29, 0.717) is 24.2 Å². The summed E-state index contributed by atoms with van der Waals surface area (Å²) in [6, 6.07) is 6.64. The van der Waals surface area contributed by atoms with Crippen molar-refractivity contribution in [3.63, 3.8) is 0 Å². The van der Waals surface area contributed by atoms with Gasteiger partial charge in [-0.05, 0) is 38.1 Å². The predicted molar refractivity (Wildman–Crippen MR) is 109 cm³/mol. The van der Waals surface area contributed by atoms with Crippen LogP contribution in [-0.2, 0) is 6.18 Å². The number of para-hydroxylation sites is 1. The smallest absolute Gasteiger partial charge is 0.352 e. The van der Waals surface area contributed by atoms with Gasteiger partial charge in [0.25, 0.3) is 5.91 Å².